The SMILES string of the molecule is CC/C=C\C/C=C\C/C=C\C/C=C\C/C=C\C/C=C\C/C=C\CCCCCCOCC(COC1OC(CO)C(O)C(O)C1O)OC(=O)CCCCC/C=C\C/C=C\C/C=C\C/C=C\C/C=C\C/C=C\C/C=C\CC. The molecule has 0 aromatic rings. The van der Waals surface area contributed by atoms with Crippen LogP contribution in [0.15, 0.2) is 170 Å². The summed E-state index contributed by atoms with van der Waals surface area (Å²) < 4.78 is 22.9. The van der Waals surface area contributed by atoms with Gasteiger partial charge in [-0.15, -0.1) is 0 Å². The van der Waals surface area contributed by atoms with Gasteiger partial charge in [-0.1, -0.05) is 203 Å². The lowest BCUT2D eigenvalue weighted by atomic mass is 9.99. The van der Waals surface area contributed by atoms with Crippen LogP contribution in [0.4, 0.5) is 0 Å². The van der Waals surface area contributed by atoms with Gasteiger partial charge in [-0.05, 0) is 128 Å². The van der Waals surface area contributed by atoms with E-state index in [1.165, 1.54) is 0 Å². The number of allylic oxidation sites excluding steroid dienone is 28. The van der Waals surface area contributed by atoms with Crippen LogP contribution in [0.5, 0.6) is 0 Å². The Morgan fingerprint density at radius 1 is 0.432 bits per heavy atom. The molecule has 0 aromatic heterocycles. The first-order chi connectivity index (χ1) is 36.4. The largest absolute Gasteiger partial charge is 0.457 e. The average Bonchev–Trinajstić information content (AvgIpc) is 3.40. The molecule has 414 valence electrons. The molecule has 0 bridgehead atoms. The molecule has 1 rings (SSSR count). The van der Waals surface area contributed by atoms with E-state index in [0.717, 1.165) is 141 Å². The number of rotatable bonds is 46. The van der Waals surface area contributed by atoms with E-state index in [2.05, 4.69) is 184 Å². The molecule has 1 aliphatic rings. The molecule has 6 unspecified atom stereocenters. The highest BCUT2D eigenvalue weighted by molar-refractivity contribution is 5.69. The Hall–Kier alpha value is -4.45. The molecule has 9 heteroatoms. The van der Waals surface area contributed by atoms with Gasteiger partial charge in [-0.2, -0.15) is 0 Å². The molecule has 0 aliphatic carbocycles. The molecule has 0 radical (unpaired) electrons. The van der Waals surface area contributed by atoms with Crippen LogP contribution in [0, 0.1) is 0 Å². The summed E-state index contributed by atoms with van der Waals surface area (Å²) >= 11 is 0. The molecule has 1 saturated heterocycles. The molecular weight excluding hydrogens is 925 g/mol. The second-order valence-corrected chi connectivity index (χ2v) is 18.3. The number of unbranched alkanes of at least 4 members (excludes halogenated alkanes) is 7. The van der Waals surface area contributed by atoms with Crippen molar-refractivity contribution in [3.8, 4) is 0 Å². The first kappa shape index (κ1) is 67.6. The van der Waals surface area contributed by atoms with Gasteiger partial charge >= 0.3 is 5.97 Å². The number of carbonyl (C=O) groups excluding carboxylic acids is 1. The van der Waals surface area contributed by atoms with Gasteiger partial charge in [0.25, 0.3) is 0 Å². The fraction of sp³-hybridized carbons (Fsp3) is 0.554. The van der Waals surface area contributed by atoms with Gasteiger partial charge in [0.2, 0.25) is 0 Å². The van der Waals surface area contributed by atoms with Crippen LogP contribution >= 0.6 is 0 Å². The van der Waals surface area contributed by atoms with E-state index in [1.807, 2.05) is 0 Å². The van der Waals surface area contributed by atoms with Crippen LogP contribution in [0.25, 0.3) is 0 Å². The van der Waals surface area contributed by atoms with Crippen molar-refractivity contribution in [2.45, 2.75) is 205 Å². The van der Waals surface area contributed by atoms with E-state index in [0.29, 0.717) is 13.0 Å². The van der Waals surface area contributed by atoms with Crippen LogP contribution in [0.3, 0.4) is 0 Å². The molecule has 0 aromatic carbocycles. The topological polar surface area (TPSA) is 135 Å². The van der Waals surface area contributed by atoms with Crippen LogP contribution in [0.1, 0.15) is 168 Å². The first-order valence-corrected chi connectivity index (χ1v) is 28.2. The predicted molar refractivity (Wildman–Crippen MR) is 311 cm³/mol. The van der Waals surface area contributed by atoms with Crippen molar-refractivity contribution < 1.29 is 44.2 Å². The molecule has 0 amide bonds. The highest BCUT2D eigenvalue weighted by atomic mass is 16.7. The number of aliphatic hydroxyl groups is 4. The summed E-state index contributed by atoms with van der Waals surface area (Å²) in [5, 5.41) is 40.4. The van der Waals surface area contributed by atoms with Crippen molar-refractivity contribution in [1.82, 2.24) is 0 Å². The summed E-state index contributed by atoms with van der Waals surface area (Å²) in [6.07, 6.45) is 76.7. The molecule has 1 aliphatic heterocycles. The zero-order chi connectivity index (χ0) is 53.5. The van der Waals surface area contributed by atoms with Crippen molar-refractivity contribution in [1.29, 1.82) is 0 Å². The predicted octanol–water partition coefficient (Wildman–Crippen LogP) is 14.9. The Labute approximate surface area is 449 Å². The highest BCUT2D eigenvalue weighted by Crippen LogP contribution is 2.22. The van der Waals surface area contributed by atoms with Crippen LogP contribution in [-0.4, -0.2) is 89.6 Å². The molecule has 0 spiro atoms. The van der Waals surface area contributed by atoms with Gasteiger partial charge in [0.05, 0.1) is 19.8 Å². The van der Waals surface area contributed by atoms with E-state index in [4.69, 9.17) is 18.9 Å². The Balaban J connectivity index is 2.27. The van der Waals surface area contributed by atoms with Crippen LogP contribution < -0.4 is 0 Å². The van der Waals surface area contributed by atoms with E-state index < -0.39 is 43.4 Å². The Morgan fingerprint density at radius 2 is 0.784 bits per heavy atom. The van der Waals surface area contributed by atoms with Gasteiger partial charge in [-0.25, -0.2) is 0 Å². The van der Waals surface area contributed by atoms with E-state index in [9.17, 15) is 25.2 Å². The molecular formula is C65H100O9. The number of carbonyl (C=O) groups is 1. The van der Waals surface area contributed by atoms with Crippen LogP contribution in [-0.2, 0) is 23.7 Å². The number of ether oxygens (including phenoxy) is 4. The second kappa shape index (κ2) is 53.4. The van der Waals surface area contributed by atoms with Gasteiger partial charge < -0.3 is 39.4 Å². The third-order valence-electron chi connectivity index (χ3n) is 11.6. The molecule has 9 nitrogen and oxygen atoms in total. The van der Waals surface area contributed by atoms with Crippen molar-refractivity contribution >= 4 is 5.97 Å². The zero-order valence-corrected chi connectivity index (χ0v) is 45.8. The minimum atomic E-state index is -1.56. The smallest absolute Gasteiger partial charge is 0.306 e. The summed E-state index contributed by atoms with van der Waals surface area (Å²) in [5.41, 5.74) is 0. The van der Waals surface area contributed by atoms with Gasteiger partial charge in [0.1, 0.15) is 30.5 Å². The molecule has 1 heterocycles. The number of aliphatic hydroxyl groups excluding tert-OH is 4. The fourth-order valence-electron chi connectivity index (χ4n) is 7.33. The second-order valence-electron chi connectivity index (χ2n) is 18.3. The molecule has 0 saturated carbocycles. The van der Waals surface area contributed by atoms with Crippen molar-refractivity contribution in [2.75, 3.05) is 26.4 Å². The molecule has 6 atom stereocenters. The van der Waals surface area contributed by atoms with E-state index in [1.54, 1.807) is 0 Å². The van der Waals surface area contributed by atoms with Gasteiger partial charge in [0, 0.05) is 13.0 Å². The Morgan fingerprint density at radius 3 is 1.16 bits per heavy atom. The van der Waals surface area contributed by atoms with Crippen molar-refractivity contribution in [3.05, 3.63) is 170 Å². The monoisotopic (exact) mass is 1020 g/mol. The minimum Gasteiger partial charge on any atom is -0.457 e. The number of hydrogen-bond acceptors (Lipinski definition) is 9. The van der Waals surface area contributed by atoms with E-state index in [-0.39, 0.29) is 25.6 Å². The molecule has 4 N–H and O–H groups in total. The summed E-state index contributed by atoms with van der Waals surface area (Å²) in [4.78, 5) is 12.9. The third kappa shape index (κ3) is 42.9. The number of hydrogen-bond donors (Lipinski definition) is 4. The van der Waals surface area contributed by atoms with Gasteiger partial charge in [-0.3, -0.25) is 4.79 Å². The summed E-state index contributed by atoms with van der Waals surface area (Å²) in [6.45, 7) is 4.19. The quantitative estimate of drug-likeness (QED) is 0.0267. The molecule has 1 fully saturated rings. The Bertz CT molecular complexity index is 1740. The lowest BCUT2D eigenvalue weighted by molar-refractivity contribution is -0.305. The Kier molecular flexibility index (Phi) is 48.7. The summed E-state index contributed by atoms with van der Waals surface area (Å²) in [6, 6.07) is 0. The standard InChI is InChI=1S/C65H100O9/c1-3-5-7-9-11-13-15-17-19-21-23-25-27-29-31-33-35-37-39-41-43-45-47-49-51-53-55-71-57-59(58-72-65-64(70)63(69)62(68)60(56-66)74-65)73-61(67)54-52-50-48-46-44-42-40-38-36-34-32-30-28-26-24-22-20-18-16-14-12-10-8-6-4-2/h5-8,11-14,17-20,23-26,29-32,35-38,41-44,59-60,62-66,68-70H,3-4,9-10,15-16,21-22,27-28,33-34,39-40,45-58H2,1-2H3/b7-5-,8-6-,13-11-,14-12-,19-17-,20-18-,25-23-,26-24-,31-29-,32-30-,37-35-,38-36-,43-41-,44-42-. The zero-order valence-electron chi connectivity index (χ0n) is 45.8. The maximum Gasteiger partial charge on any atom is 0.306 e. The van der Waals surface area contributed by atoms with Gasteiger partial charge in [0.15, 0.2) is 6.29 Å². The van der Waals surface area contributed by atoms with Crippen molar-refractivity contribution in [3.63, 3.8) is 0 Å². The highest BCUT2D eigenvalue weighted by Gasteiger charge is 2.44. The first-order valence-electron chi connectivity index (χ1n) is 28.2. The maximum atomic E-state index is 12.9. The third-order valence-corrected chi connectivity index (χ3v) is 11.6. The maximum absolute atomic E-state index is 12.9. The van der Waals surface area contributed by atoms with Crippen LogP contribution in [0.2, 0.25) is 0 Å². The molecule has 74 heavy (non-hydrogen) atoms. The summed E-state index contributed by atoms with van der Waals surface area (Å²) in [7, 11) is 0. The normalized spacial score (nSPS) is 19.9. The fourth-order valence-corrected chi connectivity index (χ4v) is 7.33. The van der Waals surface area contributed by atoms with Crippen molar-refractivity contribution in [2.24, 2.45) is 0 Å². The average molecular weight is 1030 g/mol. The van der Waals surface area contributed by atoms with E-state index >= 15 is 0 Å². The lowest BCUT2D eigenvalue weighted by Gasteiger charge is -2.39. The minimum absolute atomic E-state index is 0.0993. The number of esters is 1. The summed E-state index contributed by atoms with van der Waals surface area (Å²) in [5.74, 6) is -0.363. The lowest BCUT2D eigenvalue weighted by Crippen LogP contribution is -2.59.